The number of benzene rings is 7. The van der Waals surface area contributed by atoms with E-state index in [1.807, 2.05) is 55.9 Å². The molecule has 9 aromatic rings. The molecule has 0 unspecified atom stereocenters. The molecular weight excluding hydrogens is 737 g/mol. The monoisotopic (exact) mass is 774 g/mol. The number of hydrogen-bond acceptors (Lipinski definition) is 5. The maximum atomic E-state index is 5.03. The zero-order valence-electron chi connectivity index (χ0n) is 32.9. The second kappa shape index (κ2) is 13.9. The van der Waals surface area contributed by atoms with E-state index in [2.05, 4.69) is 158 Å². The molecule has 0 radical (unpaired) electrons. The Morgan fingerprint density at radius 2 is 0.915 bits per heavy atom. The quantitative estimate of drug-likeness (QED) is 0.174. The van der Waals surface area contributed by atoms with Crippen LogP contribution < -0.4 is 0 Å². The molecule has 5 heteroatoms. The van der Waals surface area contributed by atoms with Crippen LogP contribution >= 0.6 is 11.8 Å². The molecule has 0 N–H and O–H groups in total. The Morgan fingerprint density at radius 1 is 0.356 bits per heavy atom. The summed E-state index contributed by atoms with van der Waals surface area (Å²) in [5.41, 5.74) is 18.4. The maximum absolute atomic E-state index is 5.03. The Labute approximate surface area is 348 Å². The van der Waals surface area contributed by atoms with Crippen molar-refractivity contribution < 1.29 is 0 Å². The Hall–Kier alpha value is -6.95. The van der Waals surface area contributed by atoms with Crippen LogP contribution in [0.5, 0.6) is 0 Å². The fourth-order valence-corrected chi connectivity index (χ4v) is 10.5. The van der Waals surface area contributed by atoms with E-state index in [0.29, 0.717) is 17.5 Å². The number of hydrogen-bond donors (Lipinski definition) is 0. The van der Waals surface area contributed by atoms with E-state index in [1.54, 1.807) is 0 Å². The zero-order chi connectivity index (χ0) is 39.7. The average Bonchev–Trinajstić information content (AvgIpc) is 3.57. The van der Waals surface area contributed by atoms with Crippen molar-refractivity contribution in [2.45, 2.75) is 36.0 Å². The lowest BCUT2D eigenvalue weighted by Crippen LogP contribution is -2.32. The highest BCUT2D eigenvalue weighted by atomic mass is 32.2. The molecule has 1 aliphatic heterocycles. The maximum Gasteiger partial charge on any atom is 0.163 e. The first-order chi connectivity index (χ1) is 28.9. The van der Waals surface area contributed by atoms with E-state index in [1.165, 1.54) is 76.6 Å². The summed E-state index contributed by atoms with van der Waals surface area (Å²) < 4.78 is 0. The molecule has 0 saturated heterocycles. The smallest absolute Gasteiger partial charge is 0.163 e. The van der Waals surface area contributed by atoms with Crippen LogP contribution in [0, 0.1) is 20.8 Å². The van der Waals surface area contributed by atoms with Crippen molar-refractivity contribution >= 4 is 11.8 Å². The fourth-order valence-electron chi connectivity index (χ4n) is 9.24. The SMILES string of the molecule is Cc1ccc(-c2ccc(-c3ccc(-c4ccc5c(c4)Sc4ccc(-c6nc(C)nc(-c7ccccc7)n6)cc4C54c5ccccc5-c5ccccc54)cc3)cc2)c(C)n1. The summed E-state index contributed by atoms with van der Waals surface area (Å²) in [7, 11) is 0. The summed E-state index contributed by atoms with van der Waals surface area (Å²) in [4.78, 5) is 21.8. The van der Waals surface area contributed by atoms with Crippen molar-refractivity contribution in [2.24, 2.45) is 0 Å². The van der Waals surface area contributed by atoms with E-state index in [4.69, 9.17) is 15.0 Å². The normalized spacial score (nSPS) is 13.1. The third-order valence-corrected chi connectivity index (χ3v) is 13.1. The van der Waals surface area contributed by atoms with Crippen molar-refractivity contribution in [3.05, 3.63) is 215 Å². The highest BCUT2D eigenvalue weighted by Crippen LogP contribution is 2.62. The molecule has 7 aromatic carbocycles. The Kier molecular flexibility index (Phi) is 8.28. The Bertz CT molecular complexity index is 3050. The second-order valence-electron chi connectivity index (χ2n) is 15.5. The van der Waals surface area contributed by atoms with Crippen LogP contribution in [-0.2, 0) is 5.41 Å². The van der Waals surface area contributed by atoms with Crippen molar-refractivity contribution in [2.75, 3.05) is 0 Å². The van der Waals surface area contributed by atoms with E-state index >= 15 is 0 Å². The number of aromatic nitrogens is 4. The van der Waals surface area contributed by atoms with Crippen LogP contribution in [0.25, 0.3) is 67.3 Å². The van der Waals surface area contributed by atoms with Gasteiger partial charge < -0.3 is 0 Å². The molecule has 0 fully saturated rings. The topological polar surface area (TPSA) is 51.6 Å². The van der Waals surface area contributed by atoms with Crippen molar-refractivity contribution in [3.8, 4) is 67.3 Å². The third kappa shape index (κ3) is 5.76. The van der Waals surface area contributed by atoms with Crippen LogP contribution in [0.1, 0.15) is 39.5 Å². The lowest BCUT2D eigenvalue weighted by molar-refractivity contribution is 0.722. The minimum absolute atomic E-state index is 0.523. The first kappa shape index (κ1) is 35.2. The summed E-state index contributed by atoms with van der Waals surface area (Å²) in [6, 6.07) is 64.0. The first-order valence-electron chi connectivity index (χ1n) is 20.0. The predicted octanol–water partition coefficient (Wildman–Crippen LogP) is 13.4. The molecule has 0 saturated carbocycles. The lowest BCUT2D eigenvalue weighted by Gasteiger charge is -2.40. The highest BCUT2D eigenvalue weighted by Gasteiger charge is 2.50. The van der Waals surface area contributed by atoms with Gasteiger partial charge >= 0.3 is 0 Å². The standard InChI is InChI=1S/C54H38N4S/c1-33-17-28-43(34(2)55-33)39-24-22-37(23-25-39)36-18-20-38(21-19-36)41-26-29-48-51(32-41)59-50-30-27-42(53-57-35(3)56-52(58-53)40-11-5-4-6-12-40)31-49(50)54(48)46-15-9-7-13-44(46)45-14-8-10-16-47(45)54/h4-32H,1-3H3. The largest absolute Gasteiger partial charge is 0.258 e. The second-order valence-corrected chi connectivity index (χ2v) is 16.6. The van der Waals surface area contributed by atoms with Gasteiger partial charge in [0.25, 0.3) is 0 Å². The highest BCUT2D eigenvalue weighted by molar-refractivity contribution is 7.99. The van der Waals surface area contributed by atoms with Gasteiger partial charge in [-0.3, -0.25) is 4.98 Å². The van der Waals surface area contributed by atoms with Crippen molar-refractivity contribution in [1.82, 2.24) is 19.9 Å². The fraction of sp³-hybridized carbons (Fsp3) is 0.0741. The van der Waals surface area contributed by atoms with E-state index < -0.39 is 5.41 Å². The molecule has 0 bridgehead atoms. The van der Waals surface area contributed by atoms with Crippen LogP contribution in [0.3, 0.4) is 0 Å². The van der Waals surface area contributed by atoms with E-state index in [0.717, 1.165) is 22.5 Å². The molecule has 1 aliphatic carbocycles. The molecule has 0 atom stereocenters. The summed E-state index contributed by atoms with van der Waals surface area (Å²) in [5, 5.41) is 0. The van der Waals surface area contributed by atoms with Gasteiger partial charge in [-0.05, 0) is 106 Å². The van der Waals surface area contributed by atoms with Gasteiger partial charge in [-0.2, -0.15) is 0 Å². The first-order valence-corrected chi connectivity index (χ1v) is 20.9. The summed E-state index contributed by atoms with van der Waals surface area (Å²) >= 11 is 1.85. The van der Waals surface area contributed by atoms with Gasteiger partial charge in [-0.25, -0.2) is 15.0 Å². The van der Waals surface area contributed by atoms with Crippen LogP contribution in [0.4, 0.5) is 0 Å². The molecule has 4 nitrogen and oxygen atoms in total. The molecule has 59 heavy (non-hydrogen) atoms. The molecule has 1 spiro atoms. The van der Waals surface area contributed by atoms with Crippen LogP contribution in [0.15, 0.2) is 186 Å². The predicted molar refractivity (Wildman–Crippen MR) is 240 cm³/mol. The zero-order valence-corrected chi connectivity index (χ0v) is 33.8. The number of fused-ring (bicyclic) bond motifs is 9. The molecular formula is C54H38N4S. The molecule has 2 aliphatic rings. The van der Waals surface area contributed by atoms with E-state index in [-0.39, 0.29) is 0 Å². The van der Waals surface area contributed by atoms with Crippen LogP contribution in [-0.4, -0.2) is 19.9 Å². The summed E-state index contributed by atoms with van der Waals surface area (Å²) in [5.74, 6) is 2.06. The molecule has 280 valence electrons. The molecule has 0 amide bonds. The molecule has 2 aromatic heterocycles. The molecule has 3 heterocycles. The van der Waals surface area contributed by atoms with Crippen molar-refractivity contribution in [1.29, 1.82) is 0 Å². The van der Waals surface area contributed by atoms with Crippen LogP contribution in [0.2, 0.25) is 0 Å². The van der Waals surface area contributed by atoms with Gasteiger partial charge in [-0.1, -0.05) is 163 Å². The Morgan fingerprint density at radius 3 is 1.58 bits per heavy atom. The van der Waals surface area contributed by atoms with Gasteiger partial charge in [-0.15, -0.1) is 0 Å². The number of aryl methyl sites for hydroxylation is 3. The average molecular weight is 775 g/mol. The minimum atomic E-state index is -0.523. The van der Waals surface area contributed by atoms with Gasteiger partial charge in [0, 0.05) is 37.9 Å². The number of pyridine rings is 1. The third-order valence-electron chi connectivity index (χ3n) is 12.0. The lowest BCUT2D eigenvalue weighted by atomic mass is 9.67. The van der Waals surface area contributed by atoms with Gasteiger partial charge in [0.1, 0.15) is 5.82 Å². The van der Waals surface area contributed by atoms with Gasteiger partial charge in [0.2, 0.25) is 0 Å². The number of rotatable bonds is 5. The van der Waals surface area contributed by atoms with Gasteiger partial charge in [0.05, 0.1) is 5.41 Å². The Balaban J connectivity index is 1.01. The minimum Gasteiger partial charge on any atom is -0.258 e. The summed E-state index contributed by atoms with van der Waals surface area (Å²) in [6.45, 7) is 6.06. The van der Waals surface area contributed by atoms with E-state index in [9.17, 15) is 0 Å². The summed E-state index contributed by atoms with van der Waals surface area (Å²) in [6.07, 6.45) is 0. The van der Waals surface area contributed by atoms with Gasteiger partial charge in [0.15, 0.2) is 11.6 Å². The number of nitrogens with zero attached hydrogens (tertiary/aromatic N) is 4. The van der Waals surface area contributed by atoms with Crippen molar-refractivity contribution in [3.63, 3.8) is 0 Å². The molecule has 11 rings (SSSR count).